The van der Waals surface area contributed by atoms with Gasteiger partial charge in [0.15, 0.2) is 27.5 Å². The maximum atomic E-state index is 13.1. The van der Waals surface area contributed by atoms with E-state index in [-0.39, 0.29) is 81.4 Å². The molecule has 1 fully saturated rings. The number of carboxylic acid groups (broad SMARTS) is 1. The quantitative estimate of drug-likeness (QED) is 0.0224. The molecule has 0 saturated carbocycles. The number of phenols is 2. The van der Waals surface area contributed by atoms with Crippen LogP contribution in [0.25, 0.3) is 11.0 Å². The maximum Gasteiger partial charge on any atom is 1.00 e. The first-order valence-electron chi connectivity index (χ1n) is 11.4. The number of H-pyrrole nitrogens is 1. The Bertz CT molecular complexity index is 1570. The molecule has 2 aliphatic rings. The maximum absolute atomic E-state index is 13.1. The SMILES string of the molecule is C=CCON=C(C(=O)N[C@@H]1C(=O)N2C(C(=O)[O-])=C(CSc3nc4cc(O)c(O)cc4[nH]3)CS[C@H]12)c1csc(N)n1.[Na+]. The number of aliphatic carboxylic acids is 1. The number of hydrogen-bond donors (Lipinski definition) is 5. The van der Waals surface area contributed by atoms with Gasteiger partial charge in [0.1, 0.15) is 23.7 Å². The number of nitrogens with one attached hydrogen (secondary N) is 2. The first kappa shape index (κ1) is 30.7. The van der Waals surface area contributed by atoms with E-state index in [9.17, 15) is 29.7 Å². The number of benzene rings is 1. The average molecular weight is 626 g/mol. The zero-order valence-corrected chi connectivity index (χ0v) is 25.8. The number of thioether (sulfide) groups is 2. The number of carboxylic acids is 1. The summed E-state index contributed by atoms with van der Waals surface area (Å²) in [7, 11) is 0. The molecule has 4 heterocycles. The normalized spacial score (nSPS) is 18.4. The van der Waals surface area contributed by atoms with Crippen LogP contribution in [-0.4, -0.2) is 83.1 Å². The van der Waals surface area contributed by atoms with Crippen molar-refractivity contribution in [3.8, 4) is 11.5 Å². The molecule has 2 atom stereocenters. The van der Waals surface area contributed by atoms with Gasteiger partial charge in [-0.3, -0.25) is 14.5 Å². The van der Waals surface area contributed by atoms with Crippen molar-refractivity contribution in [3.05, 3.63) is 47.1 Å². The van der Waals surface area contributed by atoms with Crippen LogP contribution >= 0.6 is 34.9 Å². The van der Waals surface area contributed by atoms with Gasteiger partial charge in [0.25, 0.3) is 11.8 Å². The molecule has 3 aromatic rings. The molecule has 2 aromatic heterocycles. The molecule has 0 radical (unpaired) electrons. The predicted octanol–water partition coefficient (Wildman–Crippen LogP) is -2.88. The molecule has 18 heteroatoms. The molecule has 5 rings (SSSR count). The number of nitrogens with two attached hydrogens (primary N) is 1. The molecule has 2 aliphatic heterocycles. The Labute approximate surface area is 266 Å². The van der Waals surface area contributed by atoms with Crippen LogP contribution in [0.1, 0.15) is 5.69 Å². The Balaban J connectivity index is 0.00000387. The summed E-state index contributed by atoms with van der Waals surface area (Å²) in [5, 5.41) is 39.3. The minimum Gasteiger partial charge on any atom is -0.543 e. The molecule has 0 bridgehead atoms. The molecule has 0 unspecified atom stereocenters. The van der Waals surface area contributed by atoms with E-state index in [4.69, 9.17) is 10.6 Å². The van der Waals surface area contributed by atoms with Crippen LogP contribution in [-0.2, 0) is 19.2 Å². The molecule has 41 heavy (non-hydrogen) atoms. The second-order valence-corrected chi connectivity index (χ2v) is 11.3. The summed E-state index contributed by atoms with van der Waals surface area (Å²) in [6.07, 6.45) is 1.44. The zero-order valence-electron chi connectivity index (χ0n) is 21.3. The molecule has 6 N–H and O–H groups in total. The third-order valence-corrected chi connectivity index (χ3v) is 8.77. The van der Waals surface area contributed by atoms with Crippen molar-refractivity contribution < 1.29 is 64.1 Å². The Kier molecular flexibility index (Phi) is 9.55. The standard InChI is InChI=1S/C23H21N7O7S3.Na/c1-2-3-37-29-15(12-8-39-22(24)25-12)18(33)28-16-19(34)30-17(21(35)36)9(6-38-20(16)30)7-40-23-26-10-4-13(31)14(32)5-11(10)27-23;/h2,4-5,8,16,20,31-32H,1,3,6-7H2,(H2,24,25)(H,26,27)(H,28,33)(H,35,36);/q;+1/p-1/t16-,20-;/m1./s1. The van der Waals surface area contributed by atoms with Crippen molar-refractivity contribution in [3.63, 3.8) is 0 Å². The van der Waals surface area contributed by atoms with Crippen molar-refractivity contribution in [2.45, 2.75) is 16.6 Å². The van der Waals surface area contributed by atoms with Crippen LogP contribution < -0.4 is 45.7 Å². The summed E-state index contributed by atoms with van der Waals surface area (Å²) in [4.78, 5) is 55.7. The van der Waals surface area contributed by atoms with Gasteiger partial charge in [0.05, 0.1) is 22.7 Å². The summed E-state index contributed by atoms with van der Waals surface area (Å²) in [6, 6.07) is 1.61. The number of thiazole rings is 1. The number of oxime groups is 1. The molecule has 0 aliphatic carbocycles. The second-order valence-electron chi connectivity index (χ2n) is 8.38. The van der Waals surface area contributed by atoms with E-state index in [1.807, 2.05) is 0 Å². The number of aromatic amines is 1. The van der Waals surface area contributed by atoms with Crippen LogP contribution in [0.4, 0.5) is 5.13 Å². The van der Waals surface area contributed by atoms with Gasteiger partial charge in [-0.25, -0.2) is 9.97 Å². The number of nitrogens with zero attached hydrogens (tertiary/aromatic N) is 4. The predicted molar refractivity (Wildman–Crippen MR) is 146 cm³/mol. The number of phenolic OH excluding ortho intramolecular Hbond substituents is 2. The number of aromatic nitrogens is 3. The number of aromatic hydroxyl groups is 2. The Hall–Kier alpha value is -3.22. The largest absolute Gasteiger partial charge is 1.00 e. The Morgan fingerprint density at radius 1 is 1.37 bits per heavy atom. The summed E-state index contributed by atoms with van der Waals surface area (Å²) >= 11 is 3.57. The van der Waals surface area contributed by atoms with Crippen LogP contribution in [0.5, 0.6) is 11.5 Å². The van der Waals surface area contributed by atoms with Crippen LogP contribution in [0, 0.1) is 0 Å². The number of nitrogen functional groups attached to an aromatic ring is 1. The van der Waals surface area contributed by atoms with Gasteiger partial charge in [0, 0.05) is 29.0 Å². The minimum atomic E-state index is -1.52. The molecule has 1 saturated heterocycles. The second kappa shape index (κ2) is 12.7. The van der Waals surface area contributed by atoms with Crippen molar-refractivity contribution in [2.24, 2.45) is 5.16 Å². The zero-order chi connectivity index (χ0) is 28.6. The van der Waals surface area contributed by atoms with Gasteiger partial charge >= 0.3 is 29.6 Å². The van der Waals surface area contributed by atoms with E-state index in [0.29, 0.717) is 21.8 Å². The number of fused-ring (bicyclic) bond motifs is 2. The number of imidazole rings is 1. The van der Waals surface area contributed by atoms with E-state index >= 15 is 0 Å². The van der Waals surface area contributed by atoms with E-state index in [1.165, 1.54) is 47.1 Å². The molecular weight excluding hydrogens is 605 g/mol. The van der Waals surface area contributed by atoms with Crippen LogP contribution in [0.3, 0.4) is 0 Å². The van der Waals surface area contributed by atoms with Crippen molar-refractivity contribution in [1.82, 2.24) is 25.2 Å². The van der Waals surface area contributed by atoms with Gasteiger partial charge in [-0.05, 0) is 5.57 Å². The third-order valence-electron chi connectivity index (χ3n) is 5.79. The molecule has 2 amide bonds. The average Bonchev–Trinajstić information content (AvgIpc) is 3.53. The first-order valence-corrected chi connectivity index (χ1v) is 14.3. The van der Waals surface area contributed by atoms with E-state index in [0.717, 1.165) is 16.2 Å². The Morgan fingerprint density at radius 2 is 2.12 bits per heavy atom. The van der Waals surface area contributed by atoms with E-state index < -0.39 is 29.2 Å². The van der Waals surface area contributed by atoms with Gasteiger partial charge in [-0.1, -0.05) is 29.6 Å². The molecular formula is C23H20N7NaO7S3. The molecule has 0 spiro atoms. The van der Waals surface area contributed by atoms with E-state index in [1.54, 1.807) is 0 Å². The number of anilines is 1. The molecule has 1 aromatic carbocycles. The van der Waals surface area contributed by atoms with Crippen molar-refractivity contribution in [2.75, 3.05) is 23.8 Å². The topological polar surface area (TPSA) is 219 Å². The van der Waals surface area contributed by atoms with Crippen LogP contribution in [0.15, 0.2) is 51.8 Å². The van der Waals surface area contributed by atoms with Crippen LogP contribution in [0.2, 0.25) is 0 Å². The van der Waals surface area contributed by atoms with Gasteiger partial charge in [-0.15, -0.1) is 23.1 Å². The molecule has 14 nitrogen and oxygen atoms in total. The monoisotopic (exact) mass is 625 g/mol. The number of rotatable bonds is 10. The third kappa shape index (κ3) is 6.19. The minimum absolute atomic E-state index is 0. The fourth-order valence-corrected chi connectivity index (χ4v) is 6.90. The van der Waals surface area contributed by atoms with Gasteiger partial charge < -0.3 is 41.0 Å². The summed E-state index contributed by atoms with van der Waals surface area (Å²) in [5.41, 5.74) is 6.73. The first-order chi connectivity index (χ1) is 19.2. The fourth-order valence-electron chi connectivity index (χ4n) is 3.98. The summed E-state index contributed by atoms with van der Waals surface area (Å²) in [5.74, 6) is -3.07. The van der Waals surface area contributed by atoms with E-state index in [2.05, 4.69) is 32.0 Å². The number of carbonyl (C=O) groups is 3. The number of β-lactam (4-membered cyclic amide) rings is 1. The number of amides is 2. The molecule has 208 valence electrons. The summed E-state index contributed by atoms with van der Waals surface area (Å²) in [6.45, 7) is 3.55. The van der Waals surface area contributed by atoms with Gasteiger partial charge in [0.2, 0.25) is 0 Å². The Morgan fingerprint density at radius 3 is 2.80 bits per heavy atom. The summed E-state index contributed by atoms with van der Waals surface area (Å²) < 4.78 is 0. The smallest absolute Gasteiger partial charge is 0.543 e. The number of hydrogen-bond acceptors (Lipinski definition) is 14. The number of carbonyl (C=O) groups excluding carboxylic acids is 3. The van der Waals surface area contributed by atoms with Crippen molar-refractivity contribution in [1.29, 1.82) is 0 Å². The fraction of sp³-hybridized carbons (Fsp3) is 0.217. The van der Waals surface area contributed by atoms with Gasteiger partial charge in [-0.2, -0.15) is 0 Å². The van der Waals surface area contributed by atoms with Crippen molar-refractivity contribution >= 4 is 74.5 Å².